The molecule has 6 nitrogen and oxygen atoms in total. The first-order chi connectivity index (χ1) is 24.0. The van der Waals surface area contributed by atoms with E-state index in [1.54, 1.807) is 0 Å². The van der Waals surface area contributed by atoms with Crippen molar-refractivity contribution >= 4 is 67.7 Å². The van der Waals surface area contributed by atoms with Crippen LogP contribution in [0.1, 0.15) is 18.2 Å². The van der Waals surface area contributed by atoms with Crippen LogP contribution in [0, 0.1) is 0 Å². The van der Waals surface area contributed by atoms with E-state index in [1.165, 1.54) is 6.20 Å². The number of nitrogens with two attached hydrogens (primary N) is 2. The molecule has 3 heterocycles. The smallest absolute Gasteiger partial charge is 0.0971 e. The van der Waals surface area contributed by atoms with Gasteiger partial charge in [-0.1, -0.05) is 78.9 Å². The highest BCUT2D eigenvalue weighted by molar-refractivity contribution is 5.97. The normalized spacial score (nSPS) is 12.1. The van der Waals surface area contributed by atoms with Gasteiger partial charge in [0.1, 0.15) is 0 Å². The van der Waals surface area contributed by atoms with E-state index in [0.717, 1.165) is 88.4 Å². The average molecular weight is 633 g/mol. The molecular formula is C43H32N6. The molecule has 8 aromatic rings. The number of pyridine rings is 3. The molecular weight excluding hydrogens is 601 g/mol. The van der Waals surface area contributed by atoms with Gasteiger partial charge in [0, 0.05) is 39.0 Å². The lowest BCUT2D eigenvalue weighted by Gasteiger charge is -2.10. The van der Waals surface area contributed by atoms with E-state index >= 15 is 0 Å². The average Bonchev–Trinajstić information content (AvgIpc) is 3.16. The van der Waals surface area contributed by atoms with Gasteiger partial charge in [0.15, 0.2) is 0 Å². The second-order valence-electron chi connectivity index (χ2n) is 12.0. The fourth-order valence-electron chi connectivity index (χ4n) is 6.41. The molecule has 0 fully saturated rings. The van der Waals surface area contributed by atoms with Crippen molar-refractivity contribution in [2.24, 2.45) is 16.5 Å². The van der Waals surface area contributed by atoms with Crippen LogP contribution in [0.25, 0.3) is 88.9 Å². The molecule has 6 heteroatoms. The lowest BCUT2D eigenvalue weighted by Crippen LogP contribution is -2.01. The molecule has 8 rings (SSSR count). The summed E-state index contributed by atoms with van der Waals surface area (Å²) in [6.45, 7) is 5.81. The molecule has 0 unspecified atom stereocenters. The van der Waals surface area contributed by atoms with Crippen LogP contribution >= 0.6 is 0 Å². The van der Waals surface area contributed by atoms with Gasteiger partial charge < -0.3 is 11.5 Å². The maximum Gasteiger partial charge on any atom is 0.0971 e. The quantitative estimate of drug-likeness (QED) is 0.178. The first-order valence-corrected chi connectivity index (χ1v) is 16.1. The van der Waals surface area contributed by atoms with Crippen molar-refractivity contribution in [1.29, 1.82) is 0 Å². The van der Waals surface area contributed by atoms with Gasteiger partial charge in [-0.2, -0.15) is 0 Å². The molecule has 0 bridgehead atoms. The minimum Gasteiger partial charge on any atom is -0.403 e. The number of fused-ring (bicyclic) bond motifs is 4. The van der Waals surface area contributed by atoms with Crippen LogP contribution in [0.3, 0.4) is 0 Å². The van der Waals surface area contributed by atoms with Crippen LogP contribution < -0.4 is 11.5 Å². The van der Waals surface area contributed by atoms with Crippen LogP contribution in [-0.2, 0) is 0 Å². The van der Waals surface area contributed by atoms with E-state index in [1.807, 2.05) is 37.3 Å². The molecule has 234 valence electrons. The van der Waals surface area contributed by atoms with E-state index in [-0.39, 0.29) is 0 Å². The van der Waals surface area contributed by atoms with Gasteiger partial charge in [0.2, 0.25) is 0 Å². The third-order valence-electron chi connectivity index (χ3n) is 8.99. The van der Waals surface area contributed by atoms with E-state index in [2.05, 4.69) is 120 Å². The maximum atomic E-state index is 5.95. The fourth-order valence-corrected chi connectivity index (χ4v) is 6.41. The SMILES string of the molecule is C=Nc1c(/C=C\C)ccc2ccc(-c3ccc4cc(-c5ccc6cc(-c7ccc8nc(/C(N)=C/N)ccc8c7)ccc6n5)ccc4c3)nc12. The summed E-state index contributed by atoms with van der Waals surface area (Å²) in [4.78, 5) is 19.0. The first kappa shape index (κ1) is 29.7. The Labute approximate surface area is 283 Å². The van der Waals surface area contributed by atoms with Crippen LogP contribution in [0.2, 0.25) is 0 Å². The minimum absolute atomic E-state index is 0.458. The minimum atomic E-state index is 0.458. The van der Waals surface area contributed by atoms with Gasteiger partial charge >= 0.3 is 0 Å². The molecule has 0 saturated heterocycles. The van der Waals surface area contributed by atoms with Gasteiger partial charge in [-0.15, -0.1) is 0 Å². The summed E-state index contributed by atoms with van der Waals surface area (Å²) < 4.78 is 0. The molecule has 3 aromatic heterocycles. The molecule has 0 spiro atoms. The zero-order valence-electron chi connectivity index (χ0n) is 26.9. The zero-order valence-corrected chi connectivity index (χ0v) is 26.9. The second-order valence-corrected chi connectivity index (χ2v) is 12.0. The predicted octanol–water partition coefficient (Wildman–Crippen LogP) is 10.1. The monoisotopic (exact) mass is 632 g/mol. The molecule has 49 heavy (non-hydrogen) atoms. The molecule has 4 N–H and O–H groups in total. The van der Waals surface area contributed by atoms with Crippen molar-refractivity contribution < 1.29 is 0 Å². The van der Waals surface area contributed by atoms with Crippen LogP contribution in [0.4, 0.5) is 5.69 Å². The van der Waals surface area contributed by atoms with Crippen molar-refractivity contribution in [2.75, 3.05) is 0 Å². The van der Waals surface area contributed by atoms with Crippen LogP contribution in [0.15, 0.2) is 139 Å². The van der Waals surface area contributed by atoms with Crippen LogP contribution in [-0.4, -0.2) is 21.7 Å². The van der Waals surface area contributed by atoms with Crippen molar-refractivity contribution in [3.8, 4) is 33.6 Å². The predicted molar refractivity (Wildman–Crippen MR) is 206 cm³/mol. The van der Waals surface area contributed by atoms with E-state index < -0.39 is 0 Å². The van der Waals surface area contributed by atoms with E-state index in [4.69, 9.17) is 21.4 Å². The summed E-state index contributed by atoms with van der Waals surface area (Å²) in [7, 11) is 0. The van der Waals surface area contributed by atoms with Crippen molar-refractivity contribution in [2.45, 2.75) is 6.92 Å². The van der Waals surface area contributed by atoms with Gasteiger partial charge in [0.25, 0.3) is 0 Å². The molecule has 0 aliphatic carbocycles. The largest absolute Gasteiger partial charge is 0.403 e. The summed E-state index contributed by atoms with van der Waals surface area (Å²) in [5.74, 6) is 0. The summed E-state index contributed by atoms with van der Waals surface area (Å²) in [6, 6.07) is 42.0. The lowest BCUT2D eigenvalue weighted by molar-refractivity contribution is 1.31. The van der Waals surface area contributed by atoms with Crippen LogP contribution in [0.5, 0.6) is 0 Å². The Morgan fingerprint density at radius 1 is 0.592 bits per heavy atom. The molecule has 0 aliphatic rings. The highest BCUT2D eigenvalue weighted by Crippen LogP contribution is 2.34. The Bertz CT molecular complexity index is 2670. The van der Waals surface area contributed by atoms with E-state index in [0.29, 0.717) is 11.4 Å². The van der Waals surface area contributed by atoms with Gasteiger partial charge in [-0.05, 0) is 90.1 Å². The Balaban J connectivity index is 1.08. The number of aliphatic imine (C=N–C) groups is 1. The van der Waals surface area contributed by atoms with E-state index in [9.17, 15) is 0 Å². The first-order valence-electron chi connectivity index (χ1n) is 16.1. The van der Waals surface area contributed by atoms with Gasteiger partial charge in [0.05, 0.1) is 45.0 Å². The Morgan fingerprint density at radius 3 is 1.76 bits per heavy atom. The number of hydrogen-bond acceptors (Lipinski definition) is 6. The number of hydrogen-bond donors (Lipinski definition) is 2. The Hall–Kier alpha value is -6.66. The molecule has 0 saturated carbocycles. The molecule has 0 aliphatic heterocycles. The fraction of sp³-hybridized carbons (Fsp3) is 0.0233. The highest BCUT2D eigenvalue weighted by Gasteiger charge is 2.11. The van der Waals surface area contributed by atoms with Gasteiger partial charge in [-0.3, -0.25) is 4.99 Å². The summed E-state index contributed by atoms with van der Waals surface area (Å²) in [5, 5.41) is 5.44. The molecule has 0 radical (unpaired) electrons. The zero-order chi connectivity index (χ0) is 33.5. The summed E-state index contributed by atoms with van der Waals surface area (Å²) >= 11 is 0. The van der Waals surface area contributed by atoms with Crippen molar-refractivity contribution in [1.82, 2.24) is 15.0 Å². The van der Waals surface area contributed by atoms with Crippen molar-refractivity contribution in [3.05, 3.63) is 145 Å². The summed E-state index contributed by atoms with van der Waals surface area (Å²) in [5.41, 5.74) is 23.3. The third-order valence-corrected chi connectivity index (χ3v) is 8.99. The Kier molecular flexibility index (Phi) is 7.38. The highest BCUT2D eigenvalue weighted by atomic mass is 14.8. The topological polar surface area (TPSA) is 103 Å². The standard InChI is InChI=1S/C43H32N6/c1-3-4-26-5-6-27-11-16-40(49-43(27)42(26)46-2)33-10-8-28-21-32(9-7-29(28)22-33)38-19-14-34-23-30(12-17-37(34)47-38)31-13-18-39-35(24-31)15-20-41(48-39)36(45)25-44/h3-25H,2,44-45H2,1H3/b4-3-,36-25-. The number of aromatic nitrogens is 3. The third kappa shape index (κ3) is 5.45. The molecule has 5 aromatic carbocycles. The summed E-state index contributed by atoms with van der Waals surface area (Å²) in [6.07, 6.45) is 5.41. The molecule has 0 atom stereocenters. The second kappa shape index (κ2) is 12.2. The number of benzene rings is 5. The number of rotatable bonds is 6. The Morgan fingerprint density at radius 2 is 1.12 bits per heavy atom. The number of nitrogens with zero attached hydrogens (tertiary/aromatic N) is 4. The van der Waals surface area contributed by atoms with Crippen molar-refractivity contribution in [3.63, 3.8) is 0 Å². The molecule has 0 amide bonds. The van der Waals surface area contributed by atoms with Gasteiger partial charge in [-0.25, -0.2) is 15.0 Å². The maximum absolute atomic E-state index is 5.95. The number of allylic oxidation sites excluding steroid dienone is 1. The lowest BCUT2D eigenvalue weighted by atomic mass is 9.99.